The Morgan fingerprint density at radius 3 is 1.18 bits per heavy atom. The molecule has 14 aromatic rings. The third-order valence-electron chi connectivity index (χ3n) is 14.6. The van der Waals surface area contributed by atoms with Crippen LogP contribution in [0.3, 0.4) is 0 Å². The quantitative estimate of drug-likeness (QED) is 0.0416. The van der Waals surface area contributed by atoms with Crippen molar-refractivity contribution in [1.29, 1.82) is 0 Å². The van der Waals surface area contributed by atoms with E-state index in [0.29, 0.717) is 5.95 Å². The van der Waals surface area contributed by atoms with E-state index in [0.717, 1.165) is 138 Å². The van der Waals surface area contributed by atoms with Gasteiger partial charge in [0.1, 0.15) is 22.6 Å². The minimum atomic E-state index is 0.239. The Hall–Kier alpha value is -12.2. The molecular formula is C70H64N20. The molecule has 0 atom stereocenters. The molecule has 20 nitrogen and oxygen atoms in total. The first-order valence-electron chi connectivity index (χ1n) is 29.5. The minimum Gasteiger partial charge on any atom is -0.368 e. The first kappa shape index (κ1) is 59.6. The number of aryl methyl sites for hydroxylation is 3. The van der Waals surface area contributed by atoms with Crippen LogP contribution in [0.25, 0.3) is 89.2 Å². The van der Waals surface area contributed by atoms with E-state index < -0.39 is 0 Å². The molecule has 12 aromatic heterocycles. The van der Waals surface area contributed by atoms with Crippen LogP contribution in [0, 0.1) is 23.7 Å². The highest BCUT2D eigenvalue weighted by Crippen LogP contribution is 2.33. The zero-order valence-corrected chi connectivity index (χ0v) is 49.7. The van der Waals surface area contributed by atoms with Gasteiger partial charge in [0, 0.05) is 141 Å². The Morgan fingerprint density at radius 2 is 0.744 bits per heavy atom. The standard InChI is InChI=1S/C19H17N5.C19H13N5.C16H19N5.C16H15N5/c2*20-19-22-11-9-16(24-19)15-12-23-18-17(15)14(8-10-21-18)7-6-13-4-2-1-3-5-13;2*1-2-3-4-5-11-6-8-18-15-14(11)12(10-20-15)13-7-9-19-16(17)21-13/h1-5,8-12H,6-7H2,(H,21,23)(H2,20,22,24);1-5,8-12H,(H,21,23)(H2,20,22,24);6-10H,2-5H2,1H3,(H,18,20)(H2,17,19,21);6-10H,2-3H2,1H3,(H,18,20)(H2,17,19,21). The number of fused-ring (bicyclic) bond motifs is 4. The Balaban J connectivity index is 0.000000124. The summed E-state index contributed by atoms with van der Waals surface area (Å²) in [7, 11) is 0. The van der Waals surface area contributed by atoms with Crippen molar-refractivity contribution in [2.24, 2.45) is 0 Å². The zero-order valence-electron chi connectivity index (χ0n) is 49.7. The maximum atomic E-state index is 5.73. The Bertz CT molecular complexity index is 4850. The fourth-order valence-electron chi connectivity index (χ4n) is 10.3. The van der Waals surface area contributed by atoms with Crippen molar-refractivity contribution in [2.75, 3.05) is 22.9 Å². The normalized spacial score (nSPS) is 10.7. The van der Waals surface area contributed by atoms with Gasteiger partial charge in [0.05, 0.1) is 22.8 Å². The largest absolute Gasteiger partial charge is 0.368 e. The average Bonchev–Trinajstić information content (AvgIpc) is 1.81. The van der Waals surface area contributed by atoms with Crippen LogP contribution >= 0.6 is 0 Å². The number of rotatable bonds is 12. The number of nitrogens with two attached hydrogens (primary N) is 4. The molecule has 0 bridgehead atoms. The second-order valence-corrected chi connectivity index (χ2v) is 20.7. The second kappa shape index (κ2) is 28.8. The molecule has 0 aliphatic heterocycles. The molecular weight excluding hydrogens is 1120 g/mol. The summed E-state index contributed by atoms with van der Waals surface area (Å²) in [5.74, 6) is 13.9. The molecule has 90 heavy (non-hydrogen) atoms. The number of hydrogen-bond donors (Lipinski definition) is 8. The van der Waals surface area contributed by atoms with E-state index in [4.69, 9.17) is 22.9 Å². The van der Waals surface area contributed by atoms with Crippen LogP contribution in [0.15, 0.2) is 184 Å². The van der Waals surface area contributed by atoms with Gasteiger partial charge in [0.15, 0.2) is 0 Å². The number of nitrogen functional groups attached to an aromatic ring is 4. The van der Waals surface area contributed by atoms with Gasteiger partial charge >= 0.3 is 0 Å². The van der Waals surface area contributed by atoms with Crippen LogP contribution in [0.5, 0.6) is 0 Å². The molecule has 0 unspecified atom stereocenters. The first-order chi connectivity index (χ1) is 44.2. The van der Waals surface area contributed by atoms with Gasteiger partial charge in [-0.15, -0.1) is 0 Å². The lowest BCUT2D eigenvalue weighted by Gasteiger charge is -2.06. The molecule has 0 saturated heterocycles. The molecule has 0 fully saturated rings. The van der Waals surface area contributed by atoms with Crippen molar-refractivity contribution in [3.8, 4) is 68.7 Å². The fraction of sp³-hybridized carbons (Fsp3) is 0.143. The van der Waals surface area contributed by atoms with E-state index in [-0.39, 0.29) is 17.8 Å². The van der Waals surface area contributed by atoms with Crippen LogP contribution in [0.4, 0.5) is 23.8 Å². The molecule has 20 heteroatoms. The summed E-state index contributed by atoms with van der Waals surface area (Å²) in [6.07, 6.45) is 30.0. The van der Waals surface area contributed by atoms with Gasteiger partial charge in [0.2, 0.25) is 23.8 Å². The number of anilines is 4. The lowest BCUT2D eigenvalue weighted by molar-refractivity contribution is 0.719. The zero-order chi connectivity index (χ0) is 62.0. The van der Waals surface area contributed by atoms with Gasteiger partial charge in [-0.3, -0.25) is 0 Å². The van der Waals surface area contributed by atoms with Crippen molar-refractivity contribution >= 4 is 67.9 Å². The summed E-state index contributed by atoms with van der Waals surface area (Å²) in [6, 6.07) is 35.8. The van der Waals surface area contributed by atoms with E-state index in [1.807, 2.05) is 110 Å². The summed E-state index contributed by atoms with van der Waals surface area (Å²) in [4.78, 5) is 63.4. The number of aromatic nitrogens is 16. The number of pyridine rings is 4. The predicted octanol–water partition coefficient (Wildman–Crippen LogP) is 12.5. The predicted molar refractivity (Wildman–Crippen MR) is 357 cm³/mol. The number of unbranched alkanes of at least 4 members (excludes halogenated alkanes) is 3. The summed E-state index contributed by atoms with van der Waals surface area (Å²) in [5.41, 5.74) is 39.9. The van der Waals surface area contributed by atoms with Crippen LogP contribution in [-0.4, -0.2) is 79.7 Å². The molecule has 0 spiro atoms. The molecule has 2 aromatic carbocycles. The van der Waals surface area contributed by atoms with Crippen molar-refractivity contribution < 1.29 is 0 Å². The molecule has 0 radical (unpaired) electrons. The lowest BCUT2D eigenvalue weighted by Crippen LogP contribution is -1.96. The van der Waals surface area contributed by atoms with Gasteiger partial charge in [-0.25, -0.2) is 59.8 Å². The SMILES string of the molecule is CCCC#Cc1ccnc2[nH]cc(-c3ccnc(N)n3)c12.CCCCCc1ccnc2[nH]cc(-c3ccnc(N)n3)c12.Nc1nccc(-c2c[nH]c3nccc(C#Cc4ccccc4)c23)n1.Nc1nccc(-c2c[nH]c3nccc(CCc4ccccc4)c23)n1. The van der Waals surface area contributed by atoms with E-state index in [1.54, 1.807) is 37.2 Å². The summed E-state index contributed by atoms with van der Waals surface area (Å²) in [6.45, 7) is 4.33. The van der Waals surface area contributed by atoms with Gasteiger partial charge in [-0.2, -0.15) is 0 Å². The van der Waals surface area contributed by atoms with Crippen LogP contribution in [0.1, 0.15) is 79.3 Å². The first-order valence-corrected chi connectivity index (χ1v) is 29.5. The van der Waals surface area contributed by atoms with E-state index >= 15 is 0 Å². The number of aromatic amines is 4. The van der Waals surface area contributed by atoms with E-state index in [9.17, 15) is 0 Å². The molecule has 12 heterocycles. The number of nitrogens with zero attached hydrogens (tertiary/aromatic N) is 12. The molecule has 0 aliphatic carbocycles. The van der Waals surface area contributed by atoms with Crippen LogP contribution in [-0.2, 0) is 19.3 Å². The average molecular weight is 1190 g/mol. The number of hydrogen-bond acceptors (Lipinski definition) is 16. The highest BCUT2D eigenvalue weighted by molar-refractivity contribution is 5.99. The van der Waals surface area contributed by atoms with Crippen molar-refractivity contribution in [2.45, 2.75) is 65.2 Å². The number of nitrogens with one attached hydrogen (secondary N) is 4. The van der Waals surface area contributed by atoms with Gasteiger partial charge in [-0.1, -0.05) is 98.9 Å². The lowest BCUT2D eigenvalue weighted by atomic mass is 10.00. The Kier molecular flexibility index (Phi) is 19.1. The van der Waals surface area contributed by atoms with Crippen molar-refractivity contribution in [1.82, 2.24) is 79.7 Å². The number of H-pyrrole nitrogens is 4. The number of benzene rings is 2. The Labute approximate surface area is 519 Å². The summed E-state index contributed by atoms with van der Waals surface area (Å²) in [5, 5.41) is 4.15. The monoisotopic (exact) mass is 1180 g/mol. The molecule has 444 valence electrons. The third kappa shape index (κ3) is 14.4. The molecule has 0 aliphatic rings. The maximum absolute atomic E-state index is 5.73. The highest BCUT2D eigenvalue weighted by Gasteiger charge is 2.17. The molecule has 14 rings (SSSR count). The summed E-state index contributed by atoms with van der Waals surface area (Å²) < 4.78 is 0. The van der Waals surface area contributed by atoms with Crippen molar-refractivity contribution in [3.63, 3.8) is 0 Å². The van der Waals surface area contributed by atoms with Crippen LogP contribution in [0.2, 0.25) is 0 Å². The van der Waals surface area contributed by atoms with Gasteiger partial charge in [0.25, 0.3) is 0 Å². The fourth-order valence-corrected chi connectivity index (χ4v) is 10.3. The van der Waals surface area contributed by atoms with Gasteiger partial charge in [-0.05, 0) is 109 Å². The molecule has 0 amide bonds. The smallest absolute Gasteiger partial charge is 0.220 e. The summed E-state index contributed by atoms with van der Waals surface area (Å²) >= 11 is 0. The highest BCUT2D eigenvalue weighted by atomic mass is 15.0. The maximum Gasteiger partial charge on any atom is 0.220 e. The van der Waals surface area contributed by atoms with Crippen molar-refractivity contribution in [3.05, 3.63) is 217 Å². The second-order valence-electron chi connectivity index (χ2n) is 20.7. The van der Waals surface area contributed by atoms with E-state index in [2.05, 4.69) is 154 Å². The van der Waals surface area contributed by atoms with Crippen LogP contribution < -0.4 is 22.9 Å². The topological polar surface area (TPSA) is 322 Å². The Morgan fingerprint density at radius 1 is 0.356 bits per heavy atom. The minimum absolute atomic E-state index is 0.239. The van der Waals surface area contributed by atoms with E-state index in [1.165, 1.54) is 36.0 Å². The molecule has 0 saturated carbocycles. The molecule has 12 N–H and O–H groups in total. The van der Waals surface area contributed by atoms with Gasteiger partial charge < -0.3 is 42.9 Å². The third-order valence-corrected chi connectivity index (χ3v) is 14.6.